The van der Waals surface area contributed by atoms with Crippen molar-refractivity contribution in [3.8, 4) is 0 Å². The van der Waals surface area contributed by atoms with Crippen LogP contribution in [0.15, 0.2) is 0 Å². The SMILES string of the molecule is CC1CCC(C)C(CC2CO2)(C(=O)O)C1C(=O)O. The van der Waals surface area contributed by atoms with E-state index in [1.165, 1.54) is 0 Å². The van der Waals surface area contributed by atoms with E-state index < -0.39 is 23.3 Å². The summed E-state index contributed by atoms with van der Waals surface area (Å²) in [7, 11) is 0. The molecule has 5 unspecified atom stereocenters. The average Bonchev–Trinajstić information content (AvgIpc) is 3.06. The molecular weight excluding hydrogens is 236 g/mol. The topological polar surface area (TPSA) is 87.1 Å². The van der Waals surface area contributed by atoms with Crippen LogP contribution in [0.1, 0.15) is 33.1 Å². The lowest BCUT2D eigenvalue weighted by atomic mass is 9.55. The van der Waals surface area contributed by atoms with Gasteiger partial charge in [-0.15, -0.1) is 0 Å². The molecule has 0 aromatic carbocycles. The fraction of sp³-hybridized carbons (Fsp3) is 0.846. The molecule has 0 aromatic heterocycles. The Morgan fingerprint density at radius 2 is 1.89 bits per heavy atom. The van der Waals surface area contributed by atoms with Gasteiger partial charge in [-0.3, -0.25) is 9.59 Å². The first-order valence-electron chi connectivity index (χ1n) is 6.47. The van der Waals surface area contributed by atoms with Crippen LogP contribution in [0.2, 0.25) is 0 Å². The van der Waals surface area contributed by atoms with Crippen molar-refractivity contribution in [2.75, 3.05) is 6.61 Å². The van der Waals surface area contributed by atoms with Crippen LogP contribution < -0.4 is 0 Å². The van der Waals surface area contributed by atoms with Gasteiger partial charge < -0.3 is 14.9 Å². The largest absolute Gasteiger partial charge is 0.481 e. The summed E-state index contributed by atoms with van der Waals surface area (Å²) in [5.74, 6) is -3.02. The minimum absolute atomic E-state index is 0.0734. The fourth-order valence-corrected chi connectivity index (χ4v) is 3.54. The number of carboxylic acids is 2. The van der Waals surface area contributed by atoms with Gasteiger partial charge >= 0.3 is 11.9 Å². The van der Waals surface area contributed by atoms with E-state index in [1.54, 1.807) is 0 Å². The maximum absolute atomic E-state index is 11.8. The molecule has 102 valence electrons. The summed E-state index contributed by atoms with van der Waals surface area (Å²) < 4.78 is 5.14. The van der Waals surface area contributed by atoms with Gasteiger partial charge in [-0.05, 0) is 31.1 Å². The monoisotopic (exact) mass is 256 g/mol. The van der Waals surface area contributed by atoms with Crippen molar-refractivity contribution < 1.29 is 24.5 Å². The Morgan fingerprint density at radius 3 is 2.33 bits per heavy atom. The van der Waals surface area contributed by atoms with Crippen molar-refractivity contribution in [1.82, 2.24) is 0 Å². The number of hydrogen-bond acceptors (Lipinski definition) is 3. The van der Waals surface area contributed by atoms with Crippen molar-refractivity contribution in [3.05, 3.63) is 0 Å². The van der Waals surface area contributed by atoms with Crippen LogP contribution in [0.4, 0.5) is 0 Å². The molecule has 1 aliphatic heterocycles. The zero-order chi connectivity index (χ0) is 13.5. The summed E-state index contributed by atoms with van der Waals surface area (Å²) in [6, 6.07) is 0. The molecule has 1 saturated carbocycles. The van der Waals surface area contributed by atoms with Crippen molar-refractivity contribution >= 4 is 11.9 Å². The summed E-state index contributed by atoms with van der Waals surface area (Å²) in [5, 5.41) is 19.1. The molecule has 0 aromatic rings. The summed E-state index contributed by atoms with van der Waals surface area (Å²) in [6.07, 6.45) is 1.80. The molecule has 2 fully saturated rings. The Morgan fingerprint density at radius 1 is 1.28 bits per heavy atom. The molecule has 0 bridgehead atoms. The third-order valence-corrected chi connectivity index (χ3v) is 4.69. The lowest BCUT2D eigenvalue weighted by molar-refractivity contribution is -0.176. The Hall–Kier alpha value is -1.10. The highest BCUT2D eigenvalue weighted by Crippen LogP contribution is 2.52. The first kappa shape index (κ1) is 13.3. The van der Waals surface area contributed by atoms with Crippen molar-refractivity contribution in [2.24, 2.45) is 23.2 Å². The lowest BCUT2D eigenvalue weighted by Crippen LogP contribution is -2.53. The van der Waals surface area contributed by atoms with E-state index >= 15 is 0 Å². The van der Waals surface area contributed by atoms with Crippen LogP contribution in [0.25, 0.3) is 0 Å². The van der Waals surface area contributed by atoms with Crippen LogP contribution in [0, 0.1) is 23.2 Å². The molecule has 5 atom stereocenters. The second-order valence-electron chi connectivity index (χ2n) is 5.78. The Balaban J connectivity index is 2.40. The highest BCUT2D eigenvalue weighted by atomic mass is 16.6. The second-order valence-corrected chi connectivity index (χ2v) is 5.78. The molecule has 2 N–H and O–H groups in total. The molecule has 0 radical (unpaired) electrons. The lowest BCUT2D eigenvalue weighted by Gasteiger charge is -2.46. The zero-order valence-corrected chi connectivity index (χ0v) is 10.8. The molecule has 1 aliphatic carbocycles. The molecule has 1 heterocycles. The Kier molecular flexibility index (Phi) is 3.36. The van der Waals surface area contributed by atoms with Gasteiger partial charge in [-0.25, -0.2) is 0 Å². The highest BCUT2D eigenvalue weighted by Gasteiger charge is 2.59. The quantitative estimate of drug-likeness (QED) is 0.746. The Labute approximate surface area is 106 Å². The van der Waals surface area contributed by atoms with Crippen molar-refractivity contribution in [3.63, 3.8) is 0 Å². The predicted octanol–water partition coefficient (Wildman–Crippen LogP) is 1.61. The Bertz CT molecular complexity index is 362. The first-order valence-corrected chi connectivity index (χ1v) is 6.47. The third-order valence-electron chi connectivity index (χ3n) is 4.69. The number of hydrogen-bond donors (Lipinski definition) is 2. The molecule has 2 rings (SSSR count). The van der Waals surface area contributed by atoms with Crippen molar-refractivity contribution in [2.45, 2.75) is 39.2 Å². The number of rotatable bonds is 4. The van der Waals surface area contributed by atoms with Crippen LogP contribution in [-0.2, 0) is 14.3 Å². The van der Waals surface area contributed by atoms with E-state index in [-0.39, 0.29) is 17.9 Å². The van der Waals surface area contributed by atoms with E-state index in [0.717, 1.165) is 12.8 Å². The van der Waals surface area contributed by atoms with Gasteiger partial charge in [-0.2, -0.15) is 0 Å². The van der Waals surface area contributed by atoms with Gasteiger partial charge in [0.25, 0.3) is 0 Å². The molecule has 1 saturated heterocycles. The van der Waals surface area contributed by atoms with Crippen LogP contribution >= 0.6 is 0 Å². The van der Waals surface area contributed by atoms with Crippen LogP contribution in [0.5, 0.6) is 0 Å². The molecule has 0 amide bonds. The average molecular weight is 256 g/mol. The van der Waals surface area contributed by atoms with E-state index in [0.29, 0.717) is 13.0 Å². The summed E-state index contributed by atoms with van der Waals surface area (Å²) >= 11 is 0. The zero-order valence-electron chi connectivity index (χ0n) is 10.8. The fourth-order valence-electron chi connectivity index (χ4n) is 3.54. The summed E-state index contributed by atoms with van der Waals surface area (Å²) in [4.78, 5) is 23.3. The van der Waals surface area contributed by atoms with E-state index in [9.17, 15) is 19.8 Å². The third kappa shape index (κ3) is 2.00. The van der Waals surface area contributed by atoms with Gasteiger partial charge in [0.2, 0.25) is 0 Å². The van der Waals surface area contributed by atoms with Crippen molar-refractivity contribution in [1.29, 1.82) is 0 Å². The van der Waals surface area contributed by atoms with E-state index in [2.05, 4.69) is 0 Å². The number of ether oxygens (including phenoxy) is 1. The minimum atomic E-state index is -1.18. The second kappa shape index (κ2) is 4.53. The van der Waals surface area contributed by atoms with Gasteiger partial charge in [0.1, 0.15) is 0 Å². The molecular formula is C13H20O5. The molecule has 5 nitrogen and oxygen atoms in total. The summed E-state index contributed by atoms with van der Waals surface area (Å²) in [5.41, 5.74) is -1.18. The number of carboxylic acid groups (broad SMARTS) is 2. The maximum atomic E-state index is 11.8. The molecule has 0 spiro atoms. The van der Waals surface area contributed by atoms with E-state index in [4.69, 9.17) is 4.74 Å². The predicted molar refractivity (Wildman–Crippen MR) is 63.1 cm³/mol. The minimum Gasteiger partial charge on any atom is -0.481 e. The summed E-state index contributed by atoms with van der Waals surface area (Å²) in [6.45, 7) is 4.26. The van der Waals surface area contributed by atoms with Gasteiger partial charge in [0.15, 0.2) is 0 Å². The highest BCUT2D eigenvalue weighted by molar-refractivity contribution is 5.84. The van der Waals surface area contributed by atoms with Crippen LogP contribution in [-0.4, -0.2) is 34.9 Å². The number of aliphatic carboxylic acids is 2. The van der Waals surface area contributed by atoms with E-state index in [1.807, 2.05) is 13.8 Å². The molecule has 5 heteroatoms. The van der Waals surface area contributed by atoms with Gasteiger partial charge in [-0.1, -0.05) is 13.8 Å². The number of epoxide rings is 1. The molecule has 2 aliphatic rings. The number of carbonyl (C=O) groups is 2. The standard InChI is InChI=1S/C13H20O5/c1-7-3-4-8(2)13(12(16)17,5-9-6-18-9)10(7)11(14)15/h7-10H,3-6H2,1-2H3,(H,14,15)(H,16,17). The first-order chi connectivity index (χ1) is 8.39. The maximum Gasteiger partial charge on any atom is 0.310 e. The molecule has 18 heavy (non-hydrogen) atoms. The van der Waals surface area contributed by atoms with Gasteiger partial charge in [0.05, 0.1) is 24.0 Å². The van der Waals surface area contributed by atoms with Crippen LogP contribution in [0.3, 0.4) is 0 Å². The van der Waals surface area contributed by atoms with Gasteiger partial charge in [0, 0.05) is 0 Å². The smallest absolute Gasteiger partial charge is 0.310 e. The normalized spacial score (nSPS) is 43.4.